The number of benzene rings is 1. The van der Waals surface area contributed by atoms with Crippen LogP contribution < -0.4 is 5.73 Å². The molecule has 3 heteroatoms. The average Bonchev–Trinajstić information content (AvgIpc) is 3.10. The van der Waals surface area contributed by atoms with E-state index < -0.39 is 0 Å². The molecule has 1 fully saturated rings. The van der Waals surface area contributed by atoms with Gasteiger partial charge in [0.15, 0.2) is 0 Å². The molecule has 2 N–H and O–H groups in total. The summed E-state index contributed by atoms with van der Waals surface area (Å²) in [6, 6.07) is 7.35. The van der Waals surface area contributed by atoms with Crippen LogP contribution in [0, 0.1) is 12.8 Å². The fourth-order valence-electron chi connectivity index (χ4n) is 2.90. The second-order valence-corrected chi connectivity index (χ2v) is 6.24. The molecule has 1 aromatic heterocycles. The molecular formula is C16H23N3. The predicted octanol–water partition coefficient (Wildman–Crippen LogP) is 3.73. The van der Waals surface area contributed by atoms with E-state index in [0.717, 1.165) is 17.8 Å². The van der Waals surface area contributed by atoms with Crippen LogP contribution in [0.4, 0.5) is 0 Å². The van der Waals surface area contributed by atoms with Crippen LogP contribution in [0.15, 0.2) is 18.2 Å². The highest BCUT2D eigenvalue weighted by Gasteiger charge is 2.27. The number of aryl methyl sites for hydroxylation is 1. The van der Waals surface area contributed by atoms with Crippen molar-refractivity contribution in [2.45, 2.75) is 52.1 Å². The van der Waals surface area contributed by atoms with E-state index in [4.69, 9.17) is 10.7 Å². The van der Waals surface area contributed by atoms with E-state index in [1.807, 2.05) is 0 Å². The molecule has 1 atom stereocenters. The summed E-state index contributed by atoms with van der Waals surface area (Å²) in [5, 5.41) is 0. The molecule has 0 saturated heterocycles. The molecule has 0 amide bonds. The second kappa shape index (κ2) is 4.64. The van der Waals surface area contributed by atoms with Crippen LogP contribution in [0.1, 0.15) is 56.6 Å². The van der Waals surface area contributed by atoms with Gasteiger partial charge in [0.2, 0.25) is 0 Å². The van der Waals surface area contributed by atoms with E-state index in [-0.39, 0.29) is 6.04 Å². The highest BCUT2D eigenvalue weighted by atomic mass is 15.1. The first-order chi connectivity index (χ1) is 9.06. The van der Waals surface area contributed by atoms with Crippen molar-refractivity contribution < 1.29 is 0 Å². The Labute approximate surface area is 114 Å². The smallest absolute Gasteiger partial charge is 0.106 e. The first kappa shape index (κ1) is 12.7. The second-order valence-electron chi connectivity index (χ2n) is 6.24. The van der Waals surface area contributed by atoms with Crippen molar-refractivity contribution in [3.63, 3.8) is 0 Å². The normalized spacial score (nSPS) is 17.3. The van der Waals surface area contributed by atoms with Crippen molar-refractivity contribution in [3.05, 3.63) is 29.6 Å². The summed E-state index contributed by atoms with van der Waals surface area (Å²) in [6.45, 7) is 6.53. The summed E-state index contributed by atoms with van der Waals surface area (Å²) in [5.41, 5.74) is 9.84. The lowest BCUT2D eigenvalue weighted by molar-refractivity contribution is 0.510. The van der Waals surface area contributed by atoms with Crippen molar-refractivity contribution in [3.8, 4) is 0 Å². The summed E-state index contributed by atoms with van der Waals surface area (Å²) in [4.78, 5) is 4.70. The van der Waals surface area contributed by atoms with Gasteiger partial charge >= 0.3 is 0 Å². The van der Waals surface area contributed by atoms with E-state index in [1.165, 1.54) is 23.9 Å². The molecule has 102 valence electrons. The molecule has 1 aliphatic rings. The number of hydrogen-bond donors (Lipinski definition) is 1. The monoisotopic (exact) mass is 257 g/mol. The fourth-order valence-corrected chi connectivity index (χ4v) is 2.90. The molecular weight excluding hydrogens is 234 g/mol. The molecule has 3 nitrogen and oxygen atoms in total. The van der Waals surface area contributed by atoms with Crippen LogP contribution in [0.3, 0.4) is 0 Å². The summed E-state index contributed by atoms with van der Waals surface area (Å²) >= 11 is 0. The van der Waals surface area contributed by atoms with Gasteiger partial charge in [-0.05, 0) is 49.8 Å². The Hall–Kier alpha value is -1.35. The summed E-state index contributed by atoms with van der Waals surface area (Å²) < 4.78 is 2.38. The Balaban J connectivity index is 1.97. The lowest BCUT2D eigenvalue weighted by Gasteiger charge is -2.14. The molecule has 0 spiro atoms. The minimum Gasteiger partial charge on any atom is -0.325 e. The van der Waals surface area contributed by atoms with E-state index >= 15 is 0 Å². The third-order valence-corrected chi connectivity index (χ3v) is 3.96. The molecule has 0 bridgehead atoms. The van der Waals surface area contributed by atoms with Crippen LogP contribution in [-0.2, 0) is 0 Å². The zero-order valence-electron chi connectivity index (χ0n) is 12.1. The van der Waals surface area contributed by atoms with Crippen LogP contribution in [-0.4, -0.2) is 9.55 Å². The van der Waals surface area contributed by atoms with Gasteiger partial charge in [-0.3, -0.25) is 0 Å². The largest absolute Gasteiger partial charge is 0.325 e. The standard InChI is InChI=1S/C16H23N3/c1-10(2)8-14(17)12-4-7-16-15(9-12)18-11(3)19(16)13-5-6-13/h4,7,9-10,13-14H,5-6,8,17H2,1-3H3. The fraction of sp³-hybridized carbons (Fsp3) is 0.562. The van der Waals surface area contributed by atoms with Gasteiger partial charge < -0.3 is 10.3 Å². The zero-order valence-corrected chi connectivity index (χ0v) is 12.1. The van der Waals surface area contributed by atoms with E-state index in [0.29, 0.717) is 12.0 Å². The van der Waals surface area contributed by atoms with Gasteiger partial charge in [-0.1, -0.05) is 19.9 Å². The lowest BCUT2D eigenvalue weighted by atomic mass is 9.97. The molecule has 1 aromatic carbocycles. The SMILES string of the molecule is Cc1nc2cc(C(N)CC(C)C)ccc2n1C1CC1. The van der Waals surface area contributed by atoms with Gasteiger partial charge in [0.25, 0.3) is 0 Å². The van der Waals surface area contributed by atoms with Gasteiger partial charge in [0.1, 0.15) is 5.82 Å². The predicted molar refractivity (Wildman–Crippen MR) is 79.1 cm³/mol. The Kier molecular flexibility index (Phi) is 3.09. The topological polar surface area (TPSA) is 43.8 Å². The number of rotatable bonds is 4. The van der Waals surface area contributed by atoms with Gasteiger partial charge in [0.05, 0.1) is 11.0 Å². The molecule has 1 unspecified atom stereocenters. The maximum absolute atomic E-state index is 6.27. The molecule has 2 aromatic rings. The minimum absolute atomic E-state index is 0.121. The summed E-state index contributed by atoms with van der Waals surface area (Å²) in [5.74, 6) is 1.75. The Morgan fingerprint density at radius 1 is 1.37 bits per heavy atom. The molecule has 3 rings (SSSR count). The number of nitrogens with two attached hydrogens (primary N) is 1. The number of aromatic nitrogens is 2. The molecule has 1 aliphatic carbocycles. The Morgan fingerprint density at radius 3 is 2.74 bits per heavy atom. The van der Waals surface area contributed by atoms with E-state index in [2.05, 4.69) is 43.5 Å². The number of fused-ring (bicyclic) bond motifs is 1. The maximum atomic E-state index is 6.27. The van der Waals surface area contributed by atoms with Crippen molar-refractivity contribution in [2.75, 3.05) is 0 Å². The van der Waals surface area contributed by atoms with Gasteiger partial charge in [0, 0.05) is 12.1 Å². The molecule has 0 aliphatic heterocycles. The van der Waals surface area contributed by atoms with Crippen molar-refractivity contribution >= 4 is 11.0 Å². The maximum Gasteiger partial charge on any atom is 0.106 e. The van der Waals surface area contributed by atoms with Crippen LogP contribution in [0.25, 0.3) is 11.0 Å². The van der Waals surface area contributed by atoms with E-state index in [9.17, 15) is 0 Å². The van der Waals surface area contributed by atoms with Crippen LogP contribution >= 0.6 is 0 Å². The first-order valence-electron chi connectivity index (χ1n) is 7.30. The summed E-state index contributed by atoms with van der Waals surface area (Å²) in [7, 11) is 0. The van der Waals surface area contributed by atoms with Crippen molar-refractivity contribution in [1.29, 1.82) is 0 Å². The van der Waals surface area contributed by atoms with Crippen molar-refractivity contribution in [1.82, 2.24) is 9.55 Å². The zero-order chi connectivity index (χ0) is 13.6. The summed E-state index contributed by atoms with van der Waals surface area (Å²) in [6.07, 6.45) is 3.61. The minimum atomic E-state index is 0.121. The molecule has 1 saturated carbocycles. The highest BCUT2D eigenvalue weighted by Crippen LogP contribution is 2.38. The molecule has 1 heterocycles. The van der Waals surface area contributed by atoms with Crippen LogP contribution in [0.2, 0.25) is 0 Å². The third kappa shape index (κ3) is 2.39. The van der Waals surface area contributed by atoms with Gasteiger partial charge in [-0.2, -0.15) is 0 Å². The molecule has 19 heavy (non-hydrogen) atoms. The third-order valence-electron chi connectivity index (χ3n) is 3.96. The van der Waals surface area contributed by atoms with Gasteiger partial charge in [-0.25, -0.2) is 4.98 Å². The quantitative estimate of drug-likeness (QED) is 0.907. The van der Waals surface area contributed by atoms with Crippen LogP contribution in [0.5, 0.6) is 0 Å². The first-order valence-corrected chi connectivity index (χ1v) is 7.30. The molecule has 0 radical (unpaired) electrons. The Bertz CT molecular complexity index is 593. The van der Waals surface area contributed by atoms with E-state index in [1.54, 1.807) is 0 Å². The highest BCUT2D eigenvalue weighted by molar-refractivity contribution is 5.77. The van der Waals surface area contributed by atoms with Crippen molar-refractivity contribution in [2.24, 2.45) is 11.7 Å². The Morgan fingerprint density at radius 2 is 2.11 bits per heavy atom. The van der Waals surface area contributed by atoms with Gasteiger partial charge in [-0.15, -0.1) is 0 Å². The number of imidazole rings is 1. The lowest BCUT2D eigenvalue weighted by Crippen LogP contribution is -2.12. The number of nitrogens with zero attached hydrogens (tertiary/aromatic N) is 2. The number of hydrogen-bond acceptors (Lipinski definition) is 2. The average molecular weight is 257 g/mol.